The number of amides is 1. The fourth-order valence-electron chi connectivity index (χ4n) is 3.67. The predicted molar refractivity (Wildman–Crippen MR) is 99.8 cm³/mol. The van der Waals surface area contributed by atoms with E-state index < -0.39 is 17.2 Å². The number of carbonyl (C=O) groups is 1. The Hall–Kier alpha value is -3.01. The third kappa shape index (κ3) is 4.28. The first-order valence-corrected chi connectivity index (χ1v) is 9.26. The second-order valence-corrected chi connectivity index (χ2v) is 7.20. The summed E-state index contributed by atoms with van der Waals surface area (Å²) in [6.07, 6.45) is 2.94. The highest BCUT2D eigenvalue weighted by Crippen LogP contribution is 2.24. The zero-order valence-electron chi connectivity index (χ0n) is 15.6. The van der Waals surface area contributed by atoms with E-state index in [1.54, 1.807) is 17.9 Å². The van der Waals surface area contributed by atoms with Crippen LogP contribution in [0.25, 0.3) is 0 Å². The molecule has 1 aromatic heterocycles. The second-order valence-electron chi connectivity index (χ2n) is 7.20. The minimum Gasteiger partial charge on any atom is -0.338 e. The van der Waals surface area contributed by atoms with Gasteiger partial charge in [0.2, 0.25) is 0 Å². The number of pyridine rings is 1. The molecule has 0 spiro atoms. The van der Waals surface area contributed by atoms with E-state index in [-0.39, 0.29) is 17.4 Å². The lowest BCUT2D eigenvalue weighted by atomic mass is 9.91. The minimum atomic E-state index is -0.594. The molecule has 28 heavy (non-hydrogen) atoms. The molecular formula is C21H21F2N3O2. The highest BCUT2D eigenvalue weighted by atomic mass is 19.1. The van der Waals surface area contributed by atoms with Crippen molar-refractivity contribution in [2.75, 3.05) is 13.1 Å². The number of likely N-dealkylation sites (tertiary alicyclic amines) is 1. The Morgan fingerprint density at radius 3 is 2.86 bits per heavy atom. The van der Waals surface area contributed by atoms with Crippen LogP contribution in [0.15, 0.2) is 29.1 Å². The molecule has 146 valence electrons. The second kappa shape index (κ2) is 8.34. The Morgan fingerprint density at radius 1 is 1.36 bits per heavy atom. The number of hydrogen-bond donors (Lipinski definition) is 1. The molecule has 0 aliphatic carbocycles. The number of hydrogen-bond acceptors (Lipinski definition) is 3. The lowest BCUT2D eigenvalue weighted by Crippen LogP contribution is -2.40. The highest BCUT2D eigenvalue weighted by Gasteiger charge is 2.26. The van der Waals surface area contributed by atoms with Gasteiger partial charge in [0, 0.05) is 24.8 Å². The van der Waals surface area contributed by atoms with Crippen LogP contribution in [0, 0.1) is 35.8 Å². The summed E-state index contributed by atoms with van der Waals surface area (Å²) in [4.78, 5) is 28.9. The van der Waals surface area contributed by atoms with Crippen molar-refractivity contribution in [3.05, 3.63) is 68.6 Å². The smallest absolute Gasteiger partial charge is 0.266 e. The molecule has 2 heterocycles. The van der Waals surface area contributed by atoms with Crippen LogP contribution in [-0.4, -0.2) is 28.9 Å². The highest BCUT2D eigenvalue weighted by molar-refractivity contribution is 5.95. The zero-order chi connectivity index (χ0) is 20.3. The first-order valence-electron chi connectivity index (χ1n) is 9.26. The first-order chi connectivity index (χ1) is 13.4. The number of aromatic amines is 1. The molecule has 7 heteroatoms. The van der Waals surface area contributed by atoms with Crippen molar-refractivity contribution in [1.82, 2.24) is 9.88 Å². The van der Waals surface area contributed by atoms with Gasteiger partial charge in [-0.3, -0.25) is 9.59 Å². The van der Waals surface area contributed by atoms with Gasteiger partial charge >= 0.3 is 0 Å². The summed E-state index contributed by atoms with van der Waals surface area (Å²) >= 11 is 0. The van der Waals surface area contributed by atoms with E-state index in [2.05, 4.69) is 4.98 Å². The number of carbonyl (C=O) groups excluding carboxylic acids is 1. The van der Waals surface area contributed by atoms with Gasteiger partial charge in [-0.05, 0) is 56.2 Å². The largest absolute Gasteiger partial charge is 0.338 e. The van der Waals surface area contributed by atoms with Crippen LogP contribution in [0.5, 0.6) is 0 Å². The van der Waals surface area contributed by atoms with Crippen LogP contribution >= 0.6 is 0 Å². The topological polar surface area (TPSA) is 77.0 Å². The molecule has 1 aromatic carbocycles. The van der Waals surface area contributed by atoms with Gasteiger partial charge in [0.05, 0.1) is 5.56 Å². The van der Waals surface area contributed by atoms with Crippen LogP contribution in [-0.2, 0) is 6.42 Å². The van der Waals surface area contributed by atoms with Gasteiger partial charge in [-0.25, -0.2) is 8.78 Å². The third-order valence-electron chi connectivity index (χ3n) is 5.23. The molecule has 1 fully saturated rings. The Morgan fingerprint density at radius 2 is 2.14 bits per heavy atom. The fraction of sp³-hybridized carbons (Fsp3) is 0.381. The number of nitriles is 1. The fourth-order valence-corrected chi connectivity index (χ4v) is 3.67. The molecule has 0 radical (unpaired) electrons. The monoisotopic (exact) mass is 385 g/mol. The molecule has 0 bridgehead atoms. The summed E-state index contributed by atoms with van der Waals surface area (Å²) in [6.45, 7) is 2.76. The minimum absolute atomic E-state index is 0.0886. The molecular weight excluding hydrogens is 364 g/mol. The Bertz CT molecular complexity index is 994. The zero-order valence-corrected chi connectivity index (χ0v) is 15.6. The number of piperidine rings is 1. The maximum atomic E-state index is 13.8. The van der Waals surface area contributed by atoms with Crippen molar-refractivity contribution in [3.63, 3.8) is 0 Å². The number of aromatic nitrogens is 1. The summed E-state index contributed by atoms with van der Waals surface area (Å²) in [7, 11) is 0. The maximum absolute atomic E-state index is 13.8. The molecule has 0 saturated carbocycles. The lowest BCUT2D eigenvalue weighted by Gasteiger charge is -2.33. The van der Waals surface area contributed by atoms with Crippen LogP contribution in [0.1, 0.15) is 46.4 Å². The molecule has 1 aliphatic rings. The number of nitrogens with one attached hydrogen (secondary N) is 1. The van der Waals surface area contributed by atoms with E-state index in [0.29, 0.717) is 42.8 Å². The Balaban J connectivity index is 1.68. The number of aryl methyl sites for hydroxylation is 2. The SMILES string of the molecule is Cc1[nH]c(=O)c(C#N)cc1C(=O)N1CCCC(CCc2ccc(F)cc2F)C1. The van der Waals surface area contributed by atoms with Gasteiger partial charge in [-0.15, -0.1) is 0 Å². The molecule has 2 aromatic rings. The average molecular weight is 385 g/mol. The normalized spacial score (nSPS) is 16.6. The molecule has 5 nitrogen and oxygen atoms in total. The molecule has 1 unspecified atom stereocenters. The Kier molecular flexibility index (Phi) is 5.88. The molecule has 1 N–H and O–H groups in total. The van der Waals surface area contributed by atoms with Crippen molar-refractivity contribution in [2.45, 2.75) is 32.6 Å². The number of nitrogens with zero attached hydrogens (tertiary/aromatic N) is 2. The van der Waals surface area contributed by atoms with Crippen LogP contribution in [0.4, 0.5) is 8.78 Å². The summed E-state index contributed by atoms with van der Waals surface area (Å²) in [5.41, 5.74) is 0.634. The predicted octanol–water partition coefficient (Wildman–Crippen LogP) is 3.32. The standard InChI is InChI=1S/C21H21F2N3O2/c1-13-18(9-16(11-24)20(27)25-13)21(28)26-8-2-3-14(12-26)4-5-15-6-7-17(22)10-19(15)23/h6-7,9-10,14H,2-5,8,12H2,1H3,(H,25,27). The summed E-state index contributed by atoms with van der Waals surface area (Å²) in [5, 5.41) is 9.04. The van der Waals surface area contributed by atoms with Crippen LogP contribution < -0.4 is 5.56 Å². The third-order valence-corrected chi connectivity index (χ3v) is 5.23. The van der Waals surface area contributed by atoms with Crippen molar-refractivity contribution < 1.29 is 13.6 Å². The van der Waals surface area contributed by atoms with Gasteiger partial charge in [0.1, 0.15) is 23.3 Å². The van der Waals surface area contributed by atoms with Crippen molar-refractivity contribution in [1.29, 1.82) is 5.26 Å². The van der Waals surface area contributed by atoms with Crippen molar-refractivity contribution >= 4 is 5.91 Å². The first kappa shape index (κ1) is 19.7. The van der Waals surface area contributed by atoms with E-state index in [1.165, 1.54) is 18.2 Å². The van der Waals surface area contributed by atoms with E-state index in [0.717, 1.165) is 18.9 Å². The van der Waals surface area contributed by atoms with Crippen molar-refractivity contribution in [3.8, 4) is 6.07 Å². The van der Waals surface area contributed by atoms with Crippen LogP contribution in [0.3, 0.4) is 0 Å². The van der Waals surface area contributed by atoms with Gasteiger partial charge in [0.25, 0.3) is 11.5 Å². The molecule has 1 saturated heterocycles. The van der Waals surface area contributed by atoms with E-state index in [4.69, 9.17) is 5.26 Å². The molecule has 1 aliphatic heterocycles. The molecule has 3 rings (SSSR count). The summed E-state index contributed by atoms with van der Waals surface area (Å²) in [5.74, 6) is -1.15. The maximum Gasteiger partial charge on any atom is 0.266 e. The van der Waals surface area contributed by atoms with Gasteiger partial charge < -0.3 is 9.88 Å². The van der Waals surface area contributed by atoms with E-state index in [1.807, 2.05) is 0 Å². The number of halogens is 2. The molecule has 1 atom stereocenters. The number of rotatable bonds is 4. The summed E-state index contributed by atoms with van der Waals surface area (Å²) < 4.78 is 26.8. The van der Waals surface area contributed by atoms with Gasteiger partial charge in [-0.1, -0.05) is 6.07 Å². The quantitative estimate of drug-likeness (QED) is 0.877. The van der Waals surface area contributed by atoms with Gasteiger partial charge in [0.15, 0.2) is 0 Å². The van der Waals surface area contributed by atoms with E-state index in [9.17, 15) is 18.4 Å². The van der Waals surface area contributed by atoms with Crippen molar-refractivity contribution in [2.24, 2.45) is 5.92 Å². The average Bonchev–Trinajstić information content (AvgIpc) is 2.67. The number of H-pyrrole nitrogens is 1. The lowest BCUT2D eigenvalue weighted by molar-refractivity contribution is 0.0667. The molecule has 1 amide bonds. The van der Waals surface area contributed by atoms with Gasteiger partial charge in [-0.2, -0.15) is 5.26 Å². The summed E-state index contributed by atoms with van der Waals surface area (Å²) in [6, 6.07) is 6.74. The van der Waals surface area contributed by atoms with Crippen LogP contribution in [0.2, 0.25) is 0 Å². The van der Waals surface area contributed by atoms with E-state index >= 15 is 0 Å². The Labute approximate surface area is 161 Å². The number of benzene rings is 1.